The maximum absolute atomic E-state index is 11.6. The Morgan fingerprint density at radius 1 is 1.18 bits per heavy atom. The summed E-state index contributed by atoms with van der Waals surface area (Å²) in [5, 5.41) is 19.1. The fourth-order valence-electron chi connectivity index (χ4n) is 4.51. The van der Waals surface area contributed by atoms with Crippen molar-refractivity contribution in [2.45, 2.75) is 24.6 Å². The summed E-state index contributed by atoms with van der Waals surface area (Å²) in [6.45, 7) is 2.08. The highest BCUT2D eigenvalue weighted by Gasteiger charge is 2.19. The van der Waals surface area contributed by atoms with Crippen LogP contribution in [0.4, 0.5) is 11.4 Å². The fraction of sp³-hybridized carbons (Fsp3) is 0.280. The maximum atomic E-state index is 11.6. The van der Waals surface area contributed by atoms with Gasteiger partial charge in [0.15, 0.2) is 0 Å². The first-order chi connectivity index (χ1) is 16.5. The van der Waals surface area contributed by atoms with Crippen LogP contribution < -0.4 is 5.32 Å². The van der Waals surface area contributed by atoms with Gasteiger partial charge in [-0.15, -0.1) is 0 Å². The summed E-state index contributed by atoms with van der Waals surface area (Å²) in [6.07, 6.45) is 7.43. The summed E-state index contributed by atoms with van der Waals surface area (Å²) in [6, 6.07) is 13.2. The summed E-state index contributed by atoms with van der Waals surface area (Å²) in [4.78, 5) is 6.80. The molecule has 0 amide bonds. The minimum absolute atomic E-state index is 0.158. The standard InChI is InChI=1S/C25H27N5O3S/c1-29-10-8-20(9-11-29)30-15-19(14-27-30)28-25-18(16-34(32)33)13-26-23-7-6-17(12-22(23)25)21-4-2-3-5-24(21)31/h2-7,12-15,20,31H,8-11,16H2,1H3,(H,26,28)(H,32,33)/p-1. The van der Waals surface area contributed by atoms with Gasteiger partial charge in [0, 0.05) is 34.7 Å². The number of fused-ring (bicyclic) bond motifs is 1. The average Bonchev–Trinajstić information content (AvgIpc) is 3.29. The molecular formula is C25H26N5O3S-. The SMILES string of the molecule is CN1CCC(n2cc(Nc3c(CS(=O)[O-])cnc4ccc(-c5ccccc5O)cc34)cn2)CC1. The third-order valence-electron chi connectivity index (χ3n) is 6.37. The van der Waals surface area contributed by atoms with Crippen molar-refractivity contribution in [3.05, 3.63) is 66.6 Å². The minimum atomic E-state index is -2.27. The molecule has 1 unspecified atom stereocenters. The Balaban J connectivity index is 1.54. The van der Waals surface area contributed by atoms with Gasteiger partial charge in [0.2, 0.25) is 0 Å². The zero-order valence-electron chi connectivity index (χ0n) is 18.8. The minimum Gasteiger partial charge on any atom is -0.772 e. The number of hydrogen-bond acceptors (Lipinski definition) is 7. The van der Waals surface area contributed by atoms with Crippen LogP contribution in [0.15, 0.2) is 61.1 Å². The van der Waals surface area contributed by atoms with Crippen LogP contribution in [0.5, 0.6) is 5.75 Å². The van der Waals surface area contributed by atoms with Crippen molar-refractivity contribution in [1.82, 2.24) is 19.7 Å². The van der Waals surface area contributed by atoms with E-state index in [1.54, 1.807) is 24.5 Å². The van der Waals surface area contributed by atoms with E-state index in [0.29, 0.717) is 22.9 Å². The van der Waals surface area contributed by atoms with E-state index in [9.17, 15) is 13.9 Å². The first-order valence-corrected chi connectivity index (χ1v) is 12.5. The Morgan fingerprint density at radius 3 is 2.74 bits per heavy atom. The predicted molar refractivity (Wildman–Crippen MR) is 133 cm³/mol. The number of anilines is 2. The molecule has 9 heteroatoms. The summed E-state index contributed by atoms with van der Waals surface area (Å²) >= 11 is -2.27. The number of benzene rings is 2. The van der Waals surface area contributed by atoms with E-state index in [0.717, 1.165) is 48.1 Å². The van der Waals surface area contributed by atoms with E-state index in [1.165, 1.54) is 0 Å². The van der Waals surface area contributed by atoms with Crippen molar-refractivity contribution < 1.29 is 13.9 Å². The number of para-hydroxylation sites is 1. The molecule has 5 rings (SSSR count). The van der Waals surface area contributed by atoms with Crippen molar-refractivity contribution in [1.29, 1.82) is 0 Å². The molecule has 0 radical (unpaired) electrons. The second-order valence-corrected chi connectivity index (χ2v) is 9.62. The third kappa shape index (κ3) is 4.68. The lowest BCUT2D eigenvalue weighted by Gasteiger charge is -2.28. The largest absolute Gasteiger partial charge is 0.772 e. The lowest BCUT2D eigenvalue weighted by atomic mass is 10.0. The van der Waals surface area contributed by atoms with Crippen LogP contribution in [0.3, 0.4) is 0 Å². The number of likely N-dealkylation sites (tertiary alicyclic amines) is 1. The Hall–Kier alpha value is -3.27. The number of nitrogens with one attached hydrogen (secondary N) is 1. The number of rotatable bonds is 6. The lowest BCUT2D eigenvalue weighted by molar-refractivity contribution is 0.212. The molecular weight excluding hydrogens is 450 g/mol. The van der Waals surface area contributed by atoms with Crippen molar-refractivity contribution in [2.24, 2.45) is 0 Å². The van der Waals surface area contributed by atoms with Crippen molar-refractivity contribution in [3.63, 3.8) is 0 Å². The van der Waals surface area contributed by atoms with Crippen LogP contribution >= 0.6 is 0 Å². The second kappa shape index (κ2) is 9.54. The molecule has 8 nitrogen and oxygen atoms in total. The molecule has 0 bridgehead atoms. The van der Waals surface area contributed by atoms with Crippen LogP contribution in [-0.4, -0.2) is 53.7 Å². The molecule has 2 aromatic carbocycles. The van der Waals surface area contributed by atoms with Gasteiger partial charge in [0.05, 0.1) is 29.1 Å². The quantitative estimate of drug-likeness (QED) is 0.402. The molecule has 2 N–H and O–H groups in total. The molecule has 0 saturated carbocycles. The van der Waals surface area contributed by atoms with E-state index in [-0.39, 0.29) is 11.5 Å². The number of aromatic hydroxyl groups is 1. The smallest absolute Gasteiger partial charge is 0.123 e. The monoisotopic (exact) mass is 476 g/mol. The first-order valence-electron chi connectivity index (χ1n) is 11.2. The van der Waals surface area contributed by atoms with Crippen LogP contribution in [0, 0.1) is 0 Å². The molecule has 1 atom stereocenters. The summed E-state index contributed by atoms with van der Waals surface area (Å²) < 4.78 is 25.1. The van der Waals surface area contributed by atoms with Gasteiger partial charge in [-0.05, 0) is 56.7 Å². The third-order valence-corrected chi connectivity index (χ3v) is 6.91. The molecule has 1 saturated heterocycles. The summed E-state index contributed by atoms with van der Waals surface area (Å²) in [5.41, 5.74) is 4.28. The van der Waals surface area contributed by atoms with Gasteiger partial charge in [0.1, 0.15) is 5.75 Å². The Bertz CT molecular complexity index is 1350. The van der Waals surface area contributed by atoms with Crippen LogP contribution in [-0.2, 0) is 16.8 Å². The first kappa shape index (κ1) is 22.5. The highest BCUT2D eigenvalue weighted by Crippen LogP contribution is 2.36. The Labute approximate surface area is 200 Å². The van der Waals surface area contributed by atoms with Gasteiger partial charge in [-0.3, -0.25) is 13.9 Å². The van der Waals surface area contributed by atoms with E-state index < -0.39 is 11.1 Å². The van der Waals surface area contributed by atoms with Crippen LogP contribution in [0.2, 0.25) is 0 Å². The van der Waals surface area contributed by atoms with Crippen LogP contribution in [0.25, 0.3) is 22.0 Å². The van der Waals surface area contributed by atoms with E-state index >= 15 is 0 Å². The van der Waals surface area contributed by atoms with Crippen molar-refractivity contribution in [2.75, 3.05) is 25.5 Å². The molecule has 4 aromatic rings. The molecule has 1 aliphatic rings. The highest BCUT2D eigenvalue weighted by molar-refractivity contribution is 7.78. The molecule has 3 heterocycles. The number of aromatic nitrogens is 3. The number of piperidine rings is 1. The number of phenols is 1. The number of nitrogens with zero attached hydrogens (tertiary/aromatic N) is 4. The number of hydrogen-bond donors (Lipinski definition) is 2. The molecule has 2 aromatic heterocycles. The maximum Gasteiger partial charge on any atom is 0.123 e. The fourth-order valence-corrected chi connectivity index (χ4v) is 4.98. The van der Waals surface area contributed by atoms with Gasteiger partial charge in [-0.25, -0.2) is 0 Å². The van der Waals surface area contributed by atoms with Crippen LogP contribution in [0.1, 0.15) is 24.4 Å². The van der Waals surface area contributed by atoms with E-state index in [4.69, 9.17) is 0 Å². The summed E-state index contributed by atoms with van der Waals surface area (Å²) in [5.74, 6) is 0.0235. The van der Waals surface area contributed by atoms with Gasteiger partial charge in [-0.2, -0.15) is 5.10 Å². The van der Waals surface area contributed by atoms with Crippen molar-refractivity contribution in [3.8, 4) is 16.9 Å². The molecule has 0 aliphatic carbocycles. The van der Waals surface area contributed by atoms with E-state index in [1.807, 2.05) is 41.2 Å². The van der Waals surface area contributed by atoms with Gasteiger partial charge in [0.25, 0.3) is 0 Å². The van der Waals surface area contributed by atoms with Gasteiger partial charge >= 0.3 is 0 Å². The zero-order chi connectivity index (χ0) is 23.7. The topological polar surface area (TPSA) is 106 Å². The number of phenolic OH excluding ortho intramolecular Hbond substituents is 1. The molecule has 1 aliphatic heterocycles. The zero-order valence-corrected chi connectivity index (χ0v) is 19.7. The van der Waals surface area contributed by atoms with Gasteiger partial charge < -0.3 is 19.9 Å². The lowest BCUT2D eigenvalue weighted by Crippen LogP contribution is -2.31. The predicted octanol–water partition coefficient (Wildman–Crippen LogP) is 4.19. The second-order valence-electron chi connectivity index (χ2n) is 8.72. The Morgan fingerprint density at radius 2 is 1.97 bits per heavy atom. The highest BCUT2D eigenvalue weighted by atomic mass is 32.2. The average molecular weight is 477 g/mol. The molecule has 0 spiro atoms. The Kier molecular flexibility index (Phi) is 6.32. The van der Waals surface area contributed by atoms with E-state index in [2.05, 4.69) is 27.3 Å². The molecule has 1 fully saturated rings. The molecule has 176 valence electrons. The van der Waals surface area contributed by atoms with Gasteiger partial charge in [-0.1, -0.05) is 35.3 Å². The molecule has 34 heavy (non-hydrogen) atoms. The number of pyridine rings is 1. The summed E-state index contributed by atoms with van der Waals surface area (Å²) in [7, 11) is 2.13. The normalized spacial score (nSPS) is 16.1. The van der Waals surface area contributed by atoms with Crippen molar-refractivity contribution >= 4 is 33.4 Å².